The molecule has 2 N–H and O–H groups in total. The summed E-state index contributed by atoms with van der Waals surface area (Å²) < 4.78 is 0. The zero-order chi connectivity index (χ0) is 9.84. The predicted octanol–water partition coefficient (Wildman–Crippen LogP) is 0.757. The van der Waals surface area contributed by atoms with E-state index in [9.17, 15) is 4.79 Å². The number of rotatable bonds is 0. The molecule has 0 radical (unpaired) electrons. The van der Waals surface area contributed by atoms with Crippen LogP contribution in [0.25, 0.3) is 11.2 Å². The fourth-order valence-corrected chi connectivity index (χ4v) is 0.953. The van der Waals surface area contributed by atoms with Gasteiger partial charge in [0.15, 0.2) is 11.2 Å². The molecule has 0 bridgehead atoms. The summed E-state index contributed by atoms with van der Waals surface area (Å²) in [6, 6.07) is 0. The Morgan fingerprint density at radius 1 is 1.46 bits per heavy atom. The van der Waals surface area contributed by atoms with Gasteiger partial charge in [-0.05, 0) is 6.92 Å². The highest BCUT2D eigenvalue weighted by atomic mass is 16.1. The molecule has 0 aliphatic heterocycles. The lowest BCUT2D eigenvalue weighted by Crippen LogP contribution is -2.09. The number of nitrogens with zero attached hydrogens (tertiary/aromatic N) is 2. The lowest BCUT2D eigenvalue weighted by atomic mass is 10.5. The SMILES string of the molecule is C=C.Cc1nc2nc[nH]c2c(=O)[nH]1. The van der Waals surface area contributed by atoms with E-state index in [1.54, 1.807) is 6.92 Å². The van der Waals surface area contributed by atoms with Gasteiger partial charge in [0.05, 0.1) is 6.33 Å². The van der Waals surface area contributed by atoms with Gasteiger partial charge in [-0.25, -0.2) is 9.97 Å². The Balaban J connectivity index is 0.000000396. The second kappa shape index (κ2) is 3.66. The van der Waals surface area contributed by atoms with Crippen LogP contribution in [0.15, 0.2) is 24.3 Å². The first-order valence-electron chi connectivity index (χ1n) is 3.67. The van der Waals surface area contributed by atoms with E-state index < -0.39 is 0 Å². The molecule has 0 aliphatic carbocycles. The van der Waals surface area contributed by atoms with Crippen molar-refractivity contribution in [2.24, 2.45) is 0 Å². The van der Waals surface area contributed by atoms with Crippen molar-refractivity contribution in [3.05, 3.63) is 35.7 Å². The van der Waals surface area contributed by atoms with Gasteiger partial charge in [-0.15, -0.1) is 13.2 Å². The number of imidazole rings is 1. The summed E-state index contributed by atoms with van der Waals surface area (Å²) in [7, 11) is 0. The molecular formula is C8H10N4O. The fourth-order valence-electron chi connectivity index (χ4n) is 0.953. The molecule has 0 aliphatic rings. The van der Waals surface area contributed by atoms with Crippen LogP contribution >= 0.6 is 0 Å². The van der Waals surface area contributed by atoms with E-state index in [2.05, 4.69) is 33.1 Å². The summed E-state index contributed by atoms with van der Waals surface area (Å²) in [5.74, 6) is 0.578. The van der Waals surface area contributed by atoms with E-state index in [1.165, 1.54) is 6.33 Å². The molecule has 2 aromatic heterocycles. The number of aryl methyl sites for hydroxylation is 1. The molecule has 0 atom stereocenters. The number of fused-ring (bicyclic) bond motifs is 1. The van der Waals surface area contributed by atoms with Crippen LogP contribution in [0.3, 0.4) is 0 Å². The fraction of sp³-hybridized carbons (Fsp3) is 0.125. The summed E-state index contributed by atoms with van der Waals surface area (Å²) in [6.45, 7) is 7.72. The molecule has 0 saturated carbocycles. The van der Waals surface area contributed by atoms with Crippen LogP contribution in [0, 0.1) is 6.92 Å². The molecule has 2 heterocycles. The first-order valence-corrected chi connectivity index (χ1v) is 3.67. The van der Waals surface area contributed by atoms with Gasteiger partial charge in [-0.2, -0.15) is 0 Å². The van der Waals surface area contributed by atoms with Crippen LogP contribution in [-0.4, -0.2) is 19.9 Å². The van der Waals surface area contributed by atoms with Crippen LogP contribution in [0.2, 0.25) is 0 Å². The molecule has 0 unspecified atom stereocenters. The van der Waals surface area contributed by atoms with Gasteiger partial charge in [0.2, 0.25) is 0 Å². The monoisotopic (exact) mass is 178 g/mol. The Labute approximate surface area is 74.6 Å². The second-order valence-corrected chi connectivity index (χ2v) is 2.25. The Hall–Kier alpha value is -1.91. The Bertz CT molecular complexity index is 456. The maximum Gasteiger partial charge on any atom is 0.276 e. The van der Waals surface area contributed by atoms with Gasteiger partial charge in [-0.3, -0.25) is 4.79 Å². The van der Waals surface area contributed by atoms with Gasteiger partial charge in [-0.1, -0.05) is 0 Å². The maximum absolute atomic E-state index is 11.1. The number of aromatic amines is 2. The largest absolute Gasteiger partial charge is 0.339 e. The normalized spacial score (nSPS) is 9.31. The smallest absolute Gasteiger partial charge is 0.276 e. The van der Waals surface area contributed by atoms with Crippen LogP contribution in [0.1, 0.15) is 5.82 Å². The highest BCUT2D eigenvalue weighted by molar-refractivity contribution is 5.67. The summed E-state index contributed by atoms with van der Waals surface area (Å²) >= 11 is 0. The van der Waals surface area contributed by atoms with Crippen molar-refractivity contribution in [1.29, 1.82) is 0 Å². The summed E-state index contributed by atoms with van der Waals surface area (Å²) in [4.78, 5) is 24.2. The molecule has 68 valence electrons. The Kier molecular flexibility index (Phi) is 2.59. The van der Waals surface area contributed by atoms with Crippen molar-refractivity contribution >= 4 is 11.2 Å². The van der Waals surface area contributed by atoms with Crippen molar-refractivity contribution in [3.8, 4) is 0 Å². The average molecular weight is 178 g/mol. The van der Waals surface area contributed by atoms with E-state index >= 15 is 0 Å². The average Bonchev–Trinajstić information content (AvgIpc) is 2.55. The molecule has 5 nitrogen and oxygen atoms in total. The molecule has 5 heteroatoms. The molecule has 0 amide bonds. The van der Waals surface area contributed by atoms with Gasteiger partial charge >= 0.3 is 0 Å². The van der Waals surface area contributed by atoms with E-state index in [0.29, 0.717) is 17.0 Å². The molecule has 0 fully saturated rings. The molecule has 2 aromatic rings. The van der Waals surface area contributed by atoms with Crippen LogP contribution in [0.5, 0.6) is 0 Å². The molecule has 2 rings (SSSR count). The molecule has 13 heavy (non-hydrogen) atoms. The third-order valence-corrected chi connectivity index (χ3v) is 1.41. The van der Waals surface area contributed by atoms with Gasteiger partial charge in [0, 0.05) is 0 Å². The highest BCUT2D eigenvalue weighted by Crippen LogP contribution is 1.97. The quantitative estimate of drug-likeness (QED) is 0.585. The lowest BCUT2D eigenvalue weighted by Gasteiger charge is -1.89. The molecule has 0 saturated heterocycles. The first kappa shape index (κ1) is 9.18. The minimum atomic E-state index is -0.176. The number of H-pyrrole nitrogens is 2. The highest BCUT2D eigenvalue weighted by Gasteiger charge is 2.01. The zero-order valence-corrected chi connectivity index (χ0v) is 7.29. The van der Waals surface area contributed by atoms with Crippen molar-refractivity contribution in [2.45, 2.75) is 6.92 Å². The van der Waals surface area contributed by atoms with E-state index in [1.807, 2.05) is 0 Å². The standard InChI is InChI=1S/C6H6N4O.C2H4/c1-3-9-5-4(6(11)10-3)7-2-8-5;1-2/h2H,1H3,(H2,7,8,9,10,11);1-2H2. The van der Waals surface area contributed by atoms with Crippen molar-refractivity contribution in [1.82, 2.24) is 19.9 Å². The van der Waals surface area contributed by atoms with Crippen LogP contribution in [-0.2, 0) is 0 Å². The van der Waals surface area contributed by atoms with E-state index in [-0.39, 0.29) is 5.56 Å². The van der Waals surface area contributed by atoms with Gasteiger partial charge < -0.3 is 9.97 Å². The number of nitrogens with one attached hydrogen (secondary N) is 2. The minimum Gasteiger partial charge on any atom is -0.339 e. The first-order chi connectivity index (χ1) is 6.27. The third-order valence-electron chi connectivity index (χ3n) is 1.41. The third kappa shape index (κ3) is 1.64. The van der Waals surface area contributed by atoms with Crippen LogP contribution < -0.4 is 5.56 Å². The molecular weight excluding hydrogens is 168 g/mol. The van der Waals surface area contributed by atoms with E-state index in [0.717, 1.165) is 0 Å². The maximum atomic E-state index is 11.1. The summed E-state index contributed by atoms with van der Waals surface area (Å²) in [5, 5.41) is 0. The zero-order valence-electron chi connectivity index (χ0n) is 7.29. The Morgan fingerprint density at radius 3 is 2.85 bits per heavy atom. The van der Waals surface area contributed by atoms with Crippen LogP contribution in [0.4, 0.5) is 0 Å². The topological polar surface area (TPSA) is 74.4 Å². The molecule has 0 spiro atoms. The van der Waals surface area contributed by atoms with Crippen molar-refractivity contribution in [3.63, 3.8) is 0 Å². The number of hydrogen-bond donors (Lipinski definition) is 2. The summed E-state index contributed by atoms with van der Waals surface area (Å²) in [6.07, 6.45) is 1.45. The van der Waals surface area contributed by atoms with Crippen molar-refractivity contribution in [2.75, 3.05) is 0 Å². The Morgan fingerprint density at radius 2 is 2.15 bits per heavy atom. The second-order valence-electron chi connectivity index (χ2n) is 2.25. The van der Waals surface area contributed by atoms with Gasteiger partial charge in [0.25, 0.3) is 5.56 Å². The number of hydrogen-bond acceptors (Lipinski definition) is 3. The predicted molar refractivity (Wildman–Crippen MR) is 50.5 cm³/mol. The molecule has 0 aromatic carbocycles. The minimum absolute atomic E-state index is 0.176. The number of aromatic nitrogens is 4. The van der Waals surface area contributed by atoms with Crippen molar-refractivity contribution < 1.29 is 0 Å². The summed E-state index contributed by atoms with van der Waals surface area (Å²) in [5.41, 5.74) is 0.715. The van der Waals surface area contributed by atoms with E-state index in [4.69, 9.17) is 0 Å². The van der Waals surface area contributed by atoms with Gasteiger partial charge in [0.1, 0.15) is 5.82 Å². The lowest BCUT2D eigenvalue weighted by molar-refractivity contribution is 1.05.